The number of carbonyl (C=O) groups is 1. The van der Waals surface area contributed by atoms with E-state index in [-0.39, 0.29) is 18.3 Å². The van der Waals surface area contributed by atoms with Crippen LogP contribution in [0.25, 0.3) is 0 Å². The van der Waals surface area contributed by atoms with Crippen LogP contribution in [0.15, 0.2) is 47.4 Å². The van der Waals surface area contributed by atoms with Crippen molar-refractivity contribution >= 4 is 46.1 Å². The van der Waals surface area contributed by atoms with Gasteiger partial charge in [-0.1, -0.05) is 6.92 Å². The normalized spacial score (nSPS) is 13.1. The smallest absolute Gasteiger partial charge is 0.412 e. The maximum atomic E-state index is 12.4. The second-order valence-electron chi connectivity index (χ2n) is 5.87. The highest BCUT2D eigenvalue weighted by Crippen LogP contribution is 2.35. The fourth-order valence-corrected chi connectivity index (χ4v) is 3.45. The summed E-state index contributed by atoms with van der Waals surface area (Å²) >= 11 is 3.76. The molecule has 0 bridgehead atoms. The number of amides is 1. The highest BCUT2D eigenvalue weighted by Gasteiger charge is 2.26. The Morgan fingerprint density at radius 2 is 1.96 bits per heavy atom. The zero-order chi connectivity index (χ0) is 19.1. The van der Waals surface area contributed by atoms with Crippen LogP contribution in [0.2, 0.25) is 0 Å². The van der Waals surface area contributed by atoms with Gasteiger partial charge in [0.2, 0.25) is 0 Å². The van der Waals surface area contributed by atoms with Crippen LogP contribution in [0, 0.1) is 9.49 Å². The molecule has 0 saturated heterocycles. The van der Waals surface area contributed by atoms with E-state index < -0.39 is 12.2 Å². The van der Waals surface area contributed by atoms with Crippen molar-refractivity contribution in [2.75, 3.05) is 18.2 Å². The molecule has 1 amide bonds. The van der Waals surface area contributed by atoms with E-state index in [9.17, 15) is 15.0 Å². The van der Waals surface area contributed by atoms with Crippen LogP contribution in [0.4, 0.5) is 10.5 Å². The monoisotopic (exact) mass is 487 g/mol. The van der Waals surface area contributed by atoms with E-state index in [0.717, 1.165) is 8.47 Å². The minimum atomic E-state index is -0.665. The number of aliphatic hydroxyl groups is 1. The molecule has 0 fully saturated rings. The quantitative estimate of drug-likeness (QED) is 0.378. The van der Waals surface area contributed by atoms with Gasteiger partial charge in [-0.05, 0) is 83.6 Å². The van der Waals surface area contributed by atoms with Gasteiger partial charge in [-0.3, -0.25) is 5.32 Å². The van der Waals surface area contributed by atoms with E-state index in [0.29, 0.717) is 17.7 Å². The lowest BCUT2D eigenvalue weighted by molar-refractivity contribution is 0.0652. The molecule has 0 spiro atoms. The Morgan fingerprint density at radius 1 is 1.27 bits per heavy atom. The van der Waals surface area contributed by atoms with Gasteiger partial charge in [0, 0.05) is 26.3 Å². The van der Waals surface area contributed by atoms with E-state index in [1.807, 2.05) is 37.4 Å². The summed E-state index contributed by atoms with van der Waals surface area (Å²) in [6.45, 7) is 1.85. The summed E-state index contributed by atoms with van der Waals surface area (Å²) in [6, 6.07) is 12.6. The third-order valence-electron chi connectivity index (χ3n) is 3.97. The standard InChI is InChI=1S/C19H22INO4S/c1-12(9-10-22)18(16-11-13(20)3-8-17(16)23)25-19(24)21-14-4-6-15(26-2)7-5-14/h3-8,11-12,18,22-23H,9-10H2,1-2H3,(H,21,24)/t12-,18+/m1/s1. The Hall–Kier alpha value is -1.45. The van der Waals surface area contributed by atoms with Gasteiger partial charge in [0.1, 0.15) is 11.9 Å². The first-order valence-corrected chi connectivity index (χ1v) is 10.5. The molecule has 0 aliphatic carbocycles. The first-order valence-electron chi connectivity index (χ1n) is 8.15. The van der Waals surface area contributed by atoms with Gasteiger partial charge >= 0.3 is 6.09 Å². The number of aromatic hydroxyl groups is 1. The lowest BCUT2D eigenvalue weighted by atomic mass is 9.94. The molecule has 3 N–H and O–H groups in total. The molecule has 2 rings (SSSR count). The van der Waals surface area contributed by atoms with Crippen molar-refractivity contribution < 1.29 is 19.7 Å². The van der Waals surface area contributed by atoms with E-state index in [4.69, 9.17) is 4.74 Å². The molecule has 0 radical (unpaired) electrons. The molecule has 140 valence electrons. The zero-order valence-corrected chi connectivity index (χ0v) is 17.6. The number of phenols is 1. The number of hydrogen-bond acceptors (Lipinski definition) is 5. The van der Waals surface area contributed by atoms with Gasteiger partial charge < -0.3 is 14.9 Å². The minimum absolute atomic E-state index is 0.0243. The third kappa shape index (κ3) is 5.78. The van der Waals surface area contributed by atoms with Gasteiger partial charge in [0.25, 0.3) is 0 Å². The van der Waals surface area contributed by atoms with E-state index in [1.54, 1.807) is 30.0 Å². The predicted molar refractivity (Wildman–Crippen MR) is 113 cm³/mol. The molecule has 7 heteroatoms. The summed E-state index contributed by atoms with van der Waals surface area (Å²) in [4.78, 5) is 13.5. The van der Waals surface area contributed by atoms with Crippen LogP contribution in [-0.4, -0.2) is 29.2 Å². The van der Waals surface area contributed by atoms with Crippen LogP contribution >= 0.6 is 34.4 Å². The fourth-order valence-electron chi connectivity index (χ4n) is 2.53. The van der Waals surface area contributed by atoms with Gasteiger partial charge in [0.15, 0.2) is 0 Å². The van der Waals surface area contributed by atoms with Crippen molar-refractivity contribution in [3.05, 3.63) is 51.6 Å². The largest absolute Gasteiger partial charge is 0.508 e. The molecule has 0 unspecified atom stereocenters. The molecule has 0 aromatic heterocycles. The van der Waals surface area contributed by atoms with Crippen molar-refractivity contribution in [3.8, 4) is 5.75 Å². The molecule has 0 heterocycles. The van der Waals surface area contributed by atoms with E-state index in [1.165, 1.54) is 0 Å². The molecular weight excluding hydrogens is 465 g/mol. The van der Waals surface area contributed by atoms with Crippen molar-refractivity contribution in [2.45, 2.75) is 24.3 Å². The molecular formula is C19H22INO4S. The molecule has 26 heavy (non-hydrogen) atoms. The molecule has 2 aromatic carbocycles. The second-order valence-corrected chi connectivity index (χ2v) is 8.00. The number of nitrogens with one attached hydrogen (secondary N) is 1. The number of anilines is 1. The van der Waals surface area contributed by atoms with E-state index in [2.05, 4.69) is 27.9 Å². The minimum Gasteiger partial charge on any atom is -0.508 e. The predicted octanol–water partition coefficient (Wildman–Crippen LogP) is 5.03. The molecule has 2 aromatic rings. The van der Waals surface area contributed by atoms with Crippen LogP contribution in [0.1, 0.15) is 25.0 Å². The summed E-state index contributed by atoms with van der Waals surface area (Å²) in [5, 5.41) is 22.2. The number of hydrogen-bond donors (Lipinski definition) is 3. The average molecular weight is 487 g/mol. The summed E-state index contributed by atoms with van der Waals surface area (Å²) in [7, 11) is 0. The number of thioether (sulfide) groups is 1. The lowest BCUT2D eigenvalue weighted by Gasteiger charge is -2.25. The Labute approximate surface area is 171 Å². The van der Waals surface area contributed by atoms with E-state index >= 15 is 0 Å². The molecule has 0 aliphatic heterocycles. The first-order chi connectivity index (χ1) is 12.4. The van der Waals surface area contributed by atoms with Crippen LogP contribution in [-0.2, 0) is 4.74 Å². The number of halogens is 1. The second kappa shape index (κ2) is 10.0. The Kier molecular flexibility index (Phi) is 8.05. The Bertz CT molecular complexity index is 739. The number of aliphatic hydroxyl groups excluding tert-OH is 1. The zero-order valence-electron chi connectivity index (χ0n) is 14.6. The number of carbonyl (C=O) groups excluding carboxylic acids is 1. The van der Waals surface area contributed by atoms with Crippen LogP contribution in [0.3, 0.4) is 0 Å². The van der Waals surface area contributed by atoms with Gasteiger partial charge in [0.05, 0.1) is 0 Å². The van der Waals surface area contributed by atoms with Gasteiger partial charge in [-0.15, -0.1) is 11.8 Å². The molecule has 0 saturated carbocycles. The third-order valence-corrected chi connectivity index (χ3v) is 5.38. The number of phenolic OH excluding ortho intramolecular Hbond substituents is 1. The number of ether oxygens (including phenoxy) is 1. The fraction of sp³-hybridized carbons (Fsp3) is 0.316. The maximum Gasteiger partial charge on any atom is 0.412 e. The van der Waals surface area contributed by atoms with Crippen LogP contribution in [0.5, 0.6) is 5.75 Å². The van der Waals surface area contributed by atoms with Crippen molar-refractivity contribution in [3.63, 3.8) is 0 Å². The molecule has 2 atom stereocenters. The SMILES string of the molecule is CSc1ccc(NC(=O)O[C@H](c2cc(I)ccc2O)[C@H](C)CCO)cc1. The lowest BCUT2D eigenvalue weighted by Crippen LogP contribution is -2.22. The average Bonchev–Trinajstić information content (AvgIpc) is 2.62. The first kappa shape index (κ1) is 20.9. The summed E-state index contributed by atoms with van der Waals surface area (Å²) in [5.41, 5.74) is 1.17. The highest BCUT2D eigenvalue weighted by atomic mass is 127. The summed E-state index contributed by atoms with van der Waals surface area (Å²) in [5.74, 6) is -0.0916. The van der Waals surface area contributed by atoms with Gasteiger partial charge in [-0.2, -0.15) is 0 Å². The molecule has 5 nitrogen and oxygen atoms in total. The van der Waals surface area contributed by atoms with Crippen LogP contribution < -0.4 is 5.32 Å². The maximum absolute atomic E-state index is 12.4. The van der Waals surface area contributed by atoms with Gasteiger partial charge in [-0.25, -0.2) is 4.79 Å². The Balaban J connectivity index is 2.17. The Morgan fingerprint density at radius 3 is 2.58 bits per heavy atom. The number of rotatable bonds is 7. The summed E-state index contributed by atoms with van der Waals surface area (Å²) in [6.07, 6.45) is 1.17. The number of benzene rings is 2. The summed E-state index contributed by atoms with van der Waals surface area (Å²) < 4.78 is 6.54. The van der Waals surface area contributed by atoms with Crippen molar-refractivity contribution in [2.24, 2.45) is 5.92 Å². The van der Waals surface area contributed by atoms with Crippen molar-refractivity contribution in [1.82, 2.24) is 0 Å². The van der Waals surface area contributed by atoms with Crippen molar-refractivity contribution in [1.29, 1.82) is 0 Å². The topological polar surface area (TPSA) is 78.8 Å². The molecule has 0 aliphatic rings. The highest BCUT2D eigenvalue weighted by molar-refractivity contribution is 14.1.